The van der Waals surface area contributed by atoms with Crippen LogP contribution < -0.4 is 0 Å². The molecule has 6 nitrogen and oxygen atoms in total. The van der Waals surface area contributed by atoms with Crippen LogP contribution in [-0.4, -0.2) is 19.9 Å². The average molecular weight is 795 g/mol. The molecule has 8 aromatic carbocycles. The van der Waals surface area contributed by atoms with Crippen molar-refractivity contribution in [1.29, 1.82) is 0 Å². The van der Waals surface area contributed by atoms with Crippen LogP contribution in [0, 0.1) is 0 Å². The van der Waals surface area contributed by atoms with E-state index in [-0.39, 0.29) is 0 Å². The summed E-state index contributed by atoms with van der Waals surface area (Å²) < 4.78 is 12.2. The van der Waals surface area contributed by atoms with Crippen LogP contribution in [-0.2, 0) is 0 Å². The van der Waals surface area contributed by atoms with Gasteiger partial charge in [0.15, 0.2) is 11.2 Å². The molecule has 0 saturated carbocycles. The topological polar surface area (TPSA) is 77.8 Å². The van der Waals surface area contributed by atoms with Crippen molar-refractivity contribution in [3.8, 4) is 78.9 Å². The normalized spacial score (nSPS) is 11.5. The van der Waals surface area contributed by atoms with Crippen LogP contribution in [0.4, 0.5) is 0 Å². The minimum absolute atomic E-state index is 0.610. The molecule has 0 bridgehead atoms. The molecule has 290 valence electrons. The third-order valence-electron chi connectivity index (χ3n) is 11.7. The number of hydrogen-bond acceptors (Lipinski definition) is 6. The van der Waals surface area contributed by atoms with Crippen LogP contribution in [0.15, 0.2) is 215 Å². The fraction of sp³-hybridized carbons (Fsp3) is 0. The van der Waals surface area contributed by atoms with Crippen molar-refractivity contribution in [2.24, 2.45) is 0 Å². The van der Waals surface area contributed by atoms with Crippen LogP contribution in [0.5, 0.6) is 0 Å². The highest BCUT2D eigenvalue weighted by molar-refractivity contribution is 6.10. The van der Waals surface area contributed by atoms with E-state index in [1.165, 1.54) is 0 Å². The van der Waals surface area contributed by atoms with E-state index >= 15 is 0 Å². The molecular formula is C56H34N4O2. The predicted octanol–water partition coefficient (Wildman–Crippen LogP) is 14.7. The van der Waals surface area contributed by atoms with Crippen LogP contribution in [0.2, 0.25) is 0 Å². The fourth-order valence-corrected chi connectivity index (χ4v) is 8.66. The second kappa shape index (κ2) is 14.7. The zero-order valence-corrected chi connectivity index (χ0v) is 33.2. The van der Waals surface area contributed by atoms with Crippen LogP contribution in [0.3, 0.4) is 0 Å². The zero-order valence-electron chi connectivity index (χ0n) is 33.2. The van der Waals surface area contributed by atoms with Crippen molar-refractivity contribution >= 4 is 43.7 Å². The van der Waals surface area contributed by atoms with E-state index in [2.05, 4.69) is 133 Å². The van der Waals surface area contributed by atoms with E-state index in [1.807, 2.05) is 72.9 Å². The second-order valence-electron chi connectivity index (χ2n) is 15.3. The fourth-order valence-electron chi connectivity index (χ4n) is 8.66. The number of fused-ring (bicyclic) bond motifs is 4. The second-order valence-corrected chi connectivity index (χ2v) is 15.3. The Bertz CT molecular complexity index is 3560. The number of nitrogens with zero attached hydrogens (tertiary/aromatic N) is 4. The van der Waals surface area contributed by atoms with Crippen molar-refractivity contribution in [3.63, 3.8) is 0 Å². The molecule has 0 N–H and O–H groups in total. The lowest BCUT2D eigenvalue weighted by Crippen LogP contribution is -1.96. The summed E-state index contributed by atoms with van der Waals surface area (Å²) in [6.07, 6.45) is 1.82. The molecule has 0 saturated heterocycles. The summed E-state index contributed by atoms with van der Waals surface area (Å²) >= 11 is 0. The number of hydrogen-bond donors (Lipinski definition) is 0. The van der Waals surface area contributed by atoms with Gasteiger partial charge in [0.25, 0.3) is 0 Å². The quantitative estimate of drug-likeness (QED) is 0.160. The van der Waals surface area contributed by atoms with Gasteiger partial charge in [0.1, 0.15) is 11.0 Å². The van der Waals surface area contributed by atoms with Gasteiger partial charge in [-0.2, -0.15) is 0 Å². The van der Waals surface area contributed by atoms with Crippen molar-refractivity contribution in [1.82, 2.24) is 19.9 Å². The Hall–Kier alpha value is -8.48. The Kier molecular flexibility index (Phi) is 8.38. The number of rotatable bonds is 7. The summed E-state index contributed by atoms with van der Waals surface area (Å²) in [6.45, 7) is 0. The van der Waals surface area contributed by atoms with E-state index < -0.39 is 0 Å². The summed E-state index contributed by atoms with van der Waals surface area (Å²) in [6, 6.07) is 69.0. The lowest BCUT2D eigenvalue weighted by atomic mass is 9.88. The molecule has 0 aliphatic heterocycles. The molecule has 12 rings (SSSR count). The molecule has 4 heterocycles. The lowest BCUT2D eigenvalue weighted by molar-refractivity contribution is 0.619. The first-order valence-electron chi connectivity index (χ1n) is 20.6. The van der Waals surface area contributed by atoms with Gasteiger partial charge in [0, 0.05) is 28.5 Å². The summed E-state index contributed by atoms with van der Waals surface area (Å²) in [5.74, 6) is 1.22. The van der Waals surface area contributed by atoms with Crippen LogP contribution in [0.1, 0.15) is 0 Å². The van der Waals surface area contributed by atoms with Gasteiger partial charge in [0.2, 0.25) is 11.8 Å². The molecule has 0 aliphatic rings. The monoisotopic (exact) mass is 794 g/mol. The third kappa shape index (κ3) is 6.13. The summed E-state index contributed by atoms with van der Waals surface area (Å²) in [7, 11) is 0. The zero-order chi connectivity index (χ0) is 41.0. The van der Waals surface area contributed by atoms with Gasteiger partial charge in [-0.25, -0.2) is 15.0 Å². The van der Waals surface area contributed by atoms with Crippen molar-refractivity contribution in [2.45, 2.75) is 0 Å². The summed E-state index contributed by atoms with van der Waals surface area (Å²) in [5, 5.41) is 4.54. The lowest BCUT2D eigenvalue weighted by Gasteiger charge is -2.18. The van der Waals surface area contributed by atoms with E-state index in [4.69, 9.17) is 28.8 Å². The first-order valence-corrected chi connectivity index (χ1v) is 20.6. The maximum absolute atomic E-state index is 6.08. The van der Waals surface area contributed by atoms with Crippen LogP contribution in [0.25, 0.3) is 123 Å². The predicted molar refractivity (Wildman–Crippen MR) is 250 cm³/mol. The van der Waals surface area contributed by atoms with E-state index in [1.54, 1.807) is 0 Å². The molecule has 0 fully saturated rings. The Morgan fingerprint density at radius 2 is 0.726 bits per heavy atom. The molecule has 0 unspecified atom stereocenters. The first-order chi connectivity index (χ1) is 30.7. The Morgan fingerprint density at radius 3 is 1.26 bits per heavy atom. The average Bonchev–Trinajstić information content (AvgIpc) is 3.99. The third-order valence-corrected chi connectivity index (χ3v) is 11.7. The molecule has 0 radical (unpaired) electrons. The number of aromatic nitrogens is 4. The molecule has 0 amide bonds. The van der Waals surface area contributed by atoms with Gasteiger partial charge in [-0.3, -0.25) is 4.98 Å². The highest BCUT2D eigenvalue weighted by Crippen LogP contribution is 2.43. The van der Waals surface area contributed by atoms with Crippen molar-refractivity contribution in [2.75, 3.05) is 0 Å². The Labute approximate surface area is 356 Å². The van der Waals surface area contributed by atoms with Gasteiger partial charge in [-0.05, 0) is 122 Å². The van der Waals surface area contributed by atoms with Crippen molar-refractivity contribution in [3.05, 3.63) is 206 Å². The van der Waals surface area contributed by atoms with Gasteiger partial charge in [-0.1, -0.05) is 127 Å². The maximum atomic E-state index is 6.08. The SMILES string of the molecule is c1ccc(-c2ccc(-c3ccc(-c4ccc(-c5nc6ccccc6o5)cc4)c4ccccc34)c(-c3ccc(-c4ccc(-c5nc6ccccc6o5)cc4)c4ccccc34)n2)nc1. The number of para-hydroxylation sites is 4. The Balaban J connectivity index is 0.972. The van der Waals surface area contributed by atoms with Crippen molar-refractivity contribution < 1.29 is 8.83 Å². The minimum Gasteiger partial charge on any atom is -0.436 e. The van der Waals surface area contributed by atoms with Crippen LogP contribution >= 0.6 is 0 Å². The summed E-state index contributed by atoms with van der Waals surface area (Å²) in [5.41, 5.74) is 15.3. The maximum Gasteiger partial charge on any atom is 0.227 e. The highest BCUT2D eigenvalue weighted by Gasteiger charge is 2.20. The molecule has 6 heteroatoms. The molecule has 12 aromatic rings. The molecule has 4 aromatic heterocycles. The highest BCUT2D eigenvalue weighted by atomic mass is 16.4. The smallest absolute Gasteiger partial charge is 0.227 e. The Morgan fingerprint density at radius 1 is 0.290 bits per heavy atom. The number of oxazole rings is 2. The minimum atomic E-state index is 0.610. The molecule has 62 heavy (non-hydrogen) atoms. The molecule has 0 atom stereocenters. The summed E-state index contributed by atoms with van der Waals surface area (Å²) in [4.78, 5) is 19.6. The number of benzene rings is 8. The van der Waals surface area contributed by atoms with E-state index in [9.17, 15) is 0 Å². The van der Waals surface area contributed by atoms with Gasteiger partial charge < -0.3 is 8.83 Å². The van der Waals surface area contributed by atoms with E-state index in [0.29, 0.717) is 11.8 Å². The van der Waals surface area contributed by atoms with Gasteiger partial charge >= 0.3 is 0 Å². The van der Waals surface area contributed by atoms with Gasteiger partial charge in [-0.15, -0.1) is 0 Å². The molecule has 0 spiro atoms. The molecular weight excluding hydrogens is 761 g/mol. The largest absolute Gasteiger partial charge is 0.436 e. The first kappa shape index (κ1) is 35.5. The van der Waals surface area contributed by atoms with Gasteiger partial charge in [0.05, 0.1) is 17.1 Å². The van der Waals surface area contributed by atoms with E-state index in [0.717, 1.165) is 111 Å². The molecule has 0 aliphatic carbocycles. The standard InChI is InChI=1S/C56H34N4O2/c1-3-13-43-41(11-1)39(35-20-24-37(25-21-35)55-59-50-16-5-7-18-52(50)61-55)28-30-45(43)47-32-33-49(48-15-9-10-34-57-48)58-54(47)46-31-29-40(42-12-2-4-14-44(42)46)36-22-26-38(27-23-36)56-60-51-17-6-8-19-53(51)62-56/h1-34H. The number of pyridine rings is 2.